The van der Waals surface area contributed by atoms with Gasteiger partial charge < -0.3 is 13.9 Å². The number of alkyl halides is 2. The minimum atomic E-state index is -0.583. The zero-order chi connectivity index (χ0) is 15.2. The molecular weight excluding hydrogens is 347 g/mol. The van der Waals surface area contributed by atoms with Crippen molar-refractivity contribution in [2.75, 3.05) is 12.4 Å². The van der Waals surface area contributed by atoms with Gasteiger partial charge in [0.25, 0.3) is 11.1 Å². The molecule has 5 nitrogen and oxygen atoms in total. The van der Waals surface area contributed by atoms with E-state index in [-0.39, 0.29) is 5.92 Å². The summed E-state index contributed by atoms with van der Waals surface area (Å²) in [4.78, 5) is 0. The standard InChI is InChI=1S/C14H12Cl2N2O3S/c15-14(16)5-8(14)7-22-13-18-17-12(21-13)11-6-19-9-3-1-2-4-10(9)20-11/h1-4,8,11H,5-7H2/t8-,11+/m0/s1. The molecule has 0 amide bonds. The summed E-state index contributed by atoms with van der Waals surface area (Å²) in [6, 6.07) is 7.50. The first-order chi connectivity index (χ1) is 10.6. The van der Waals surface area contributed by atoms with Gasteiger partial charge in [0.1, 0.15) is 10.9 Å². The Labute approximate surface area is 141 Å². The monoisotopic (exact) mass is 358 g/mol. The first kappa shape index (κ1) is 14.5. The van der Waals surface area contributed by atoms with Crippen LogP contribution in [0.2, 0.25) is 0 Å². The molecule has 2 heterocycles. The molecule has 1 fully saturated rings. The highest BCUT2D eigenvalue weighted by atomic mass is 35.5. The molecule has 2 aliphatic rings. The SMILES string of the molecule is ClC1(Cl)C[C@H]1CSc1nnc([C@H]2COc3ccccc3O2)o1. The minimum absolute atomic E-state index is 0.275. The molecule has 2 aromatic rings. The summed E-state index contributed by atoms with van der Waals surface area (Å²) in [5.41, 5.74) is 0. The van der Waals surface area contributed by atoms with Gasteiger partial charge in [0.05, 0.1) is 0 Å². The molecule has 22 heavy (non-hydrogen) atoms. The van der Waals surface area contributed by atoms with Crippen molar-refractivity contribution in [3.8, 4) is 11.5 Å². The number of ether oxygens (including phenoxy) is 2. The summed E-state index contributed by atoms with van der Waals surface area (Å²) < 4.78 is 16.5. The summed E-state index contributed by atoms with van der Waals surface area (Å²) >= 11 is 13.5. The Bertz CT molecular complexity index is 694. The van der Waals surface area contributed by atoms with Crippen molar-refractivity contribution in [1.82, 2.24) is 10.2 Å². The predicted octanol–water partition coefficient (Wildman–Crippen LogP) is 3.87. The molecule has 0 saturated heterocycles. The molecule has 0 radical (unpaired) electrons. The van der Waals surface area contributed by atoms with Crippen LogP contribution in [0.1, 0.15) is 18.4 Å². The van der Waals surface area contributed by atoms with E-state index in [1.165, 1.54) is 11.8 Å². The Morgan fingerprint density at radius 2 is 2.00 bits per heavy atom. The Balaban J connectivity index is 1.40. The van der Waals surface area contributed by atoms with Gasteiger partial charge in [-0.05, 0) is 18.6 Å². The van der Waals surface area contributed by atoms with Crippen LogP contribution in [-0.2, 0) is 0 Å². The van der Waals surface area contributed by atoms with Gasteiger partial charge >= 0.3 is 0 Å². The third-order valence-electron chi connectivity index (χ3n) is 3.57. The summed E-state index contributed by atoms with van der Waals surface area (Å²) in [6.45, 7) is 0.346. The van der Waals surface area contributed by atoms with E-state index in [1.807, 2.05) is 24.3 Å². The second-order valence-electron chi connectivity index (χ2n) is 5.24. The van der Waals surface area contributed by atoms with Crippen LogP contribution in [0.4, 0.5) is 0 Å². The molecule has 1 saturated carbocycles. The van der Waals surface area contributed by atoms with Gasteiger partial charge in [0.2, 0.25) is 6.10 Å². The van der Waals surface area contributed by atoms with E-state index in [4.69, 9.17) is 37.1 Å². The molecule has 8 heteroatoms. The number of benzene rings is 1. The fourth-order valence-electron chi connectivity index (χ4n) is 2.17. The van der Waals surface area contributed by atoms with Crippen LogP contribution in [0.15, 0.2) is 33.9 Å². The molecule has 1 aliphatic heterocycles. The average Bonchev–Trinajstić information content (AvgIpc) is 2.94. The van der Waals surface area contributed by atoms with Gasteiger partial charge in [-0.2, -0.15) is 0 Å². The van der Waals surface area contributed by atoms with Crippen LogP contribution in [0.3, 0.4) is 0 Å². The predicted molar refractivity (Wildman–Crippen MR) is 82.9 cm³/mol. The summed E-state index contributed by atoms with van der Waals surface area (Å²) in [6.07, 6.45) is 0.415. The van der Waals surface area contributed by atoms with Gasteiger partial charge in [0, 0.05) is 11.7 Å². The zero-order valence-electron chi connectivity index (χ0n) is 11.4. The third-order valence-corrected chi connectivity index (χ3v) is 5.48. The van der Waals surface area contributed by atoms with E-state index in [1.54, 1.807) is 0 Å². The normalized spacial score (nSPS) is 25.0. The molecule has 0 unspecified atom stereocenters. The first-order valence-corrected chi connectivity index (χ1v) is 8.58. The summed E-state index contributed by atoms with van der Waals surface area (Å²) in [5, 5.41) is 8.55. The van der Waals surface area contributed by atoms with E-state index in [0.29, 0.717) is 23.5 Å². The quantitative estimate of drug-likeness (QED) is 0.610. The lowest BCUT2D eigenvalue weighted by atomic mass is 10.2. The van der Waals surface area contributed by atoms with E-state index < -0.39 is 10.4 Å². The van der Waals surface area contributed by atoms with Gasteiger partial charge in [-0.25, -0.2) is 0 Å². The van der Waals surface area contributed by atoms with Crippen molar-refractivity contribution in [3.63, 3.8) is 0 Å². The van der Waals surface area contributed by atoms with E-state index in [2.05, 4.69) is 10.2 Å². The maximum absolute atomic E-state index is 6.00. The number of halogens is 2. The third kappa shape index (κ3) is 2.87. The smallest absolute Gasteiger partial charge is 0.276 e. The zero-order valence-corrected chi connectivity index (χ0v) is 13.7. The highest BCUT2D eigenvalue weighted by molar-refractivity contribution is 7.99. The molecule has 0 bridgehead atoms. The van der Waals surface area contributed by atoms with Crippen LogP contribution in [-0.4, -0.2) is 26.9 Å². The molecule has 1 aromatic carbocycles. The molecule has 0 spiro atoms. The molecule has 116 valence electrons. The fourth-order valence-corrected chi connectivity index (χ4v) is 3.87. The number of nitrogens with zero attached hydrogens (tertiary/aromatic N) is 2. The van der Waals surface area contributed by atoms with Gasteiger partial charge in [-0.3, -0.25) is 0 Å². The number of hydrogen-bond acceptors (Lipinski definition) is 6. The van der Waals surface area contributed by atoms with Crippen LogP contribution < -0.4 is 9.47 Å². The lowest BCUT2D eigenvalue weighted by Crippen LogP contribution is -2.21. The highest BCUT2D eigenvalue weighted by Crippen LogP contribution is 2.54. The van der Waals surface area contributed by atoms with Crippen molar-refractivity contribution in [1.29, 1.82) is 0 Å². The van der Waals surface area contributed by atoms with Crippen molar-refractivity contribution in [3.05, 3.63) is 30.2 Å². The lowest BCUT2D eigenvalue weighted by Gasteiger charge is -2.23. The Kier molecular flexibility index (Phi) is 3.63. The summed E-state index contributed by atoms with van der Waals surface area (Å²) in [5.74, 6) is 2.85. The molecule has 1 aromatic heterocycles. The largest absolute Gasteiger partial charge is 0.485 e. The van der Waals surface area contributed by atoms with Crippen LogP contribution >= 0.6 is 35.0 Å². The van der Waals surface area contributed by atoms with E-state index >= 15 is 0 Å². The first-order valence-electron chi connectivity index (χ1n) is 6.84. The lowest BCUT2D eigenvalue weighted by molar-refractivity contribution is 0.0686. The topological polar surface area (TPSA) is 57.4 Å². The van der Waals surface area contributed by atoms with E-state index in [0.717, 1.165) is 17.9 Å². The molecule has 4 rings (SSSR count). The number of fused-ring (bicyclic) bond motifs is 1. The van der Waals surface area contributed by atoms with Crippen LogP contribution in [0.5, 0.6) is 11.5 Å². The van der Waals surface area contributed by atoms with Gasteiger partial charge in [-0.1, -0.05) is 23.9 Å². The average molecular weight is 359 g/mol. The Morgan fingerprint density at radius 3 is 2.77 bits per heavy atom. The van der Waals surface area contributed by atoms with Crippen LogP contribution in [0.25, 0.3) is 0 Å². The highest BCUT2D eigenvalue weighted by Gasteiger charge is 2.51. The summed E-state index contributed by atoms with van der Waals surface area (Å²) in [7, 11) is 0. The second kappa shape index (κ2) is 5.51. The molecule has 0 N–H and O–H groups in total. The van der Waals surface area contributed by atoms with Gasteiger partial charge in [-0.15, -0.1) is 33.4 Å². The Morgan fingerprint density at radius 1 is 1.23 bits per heavy atom. The van der Waals surface area contributed by atoms with Crippen molar-refractivity contribution < 1.29 is 13.9 Å². The molecule has 1 aliphatic carbocycles. The minimum Gasteiger partial charge on any atom is -0.485 e. The second-order valence-corrected chi connectivity index (χ2v) is 7.76. The number of para-hydroxylation sites is 2. The number of aromatic nitrogens is 2. The maximum atomic E-state index is 6.00. The van der Waals surface area contributed by atoms with Crippen molar-refractivity contribution >= 4 is 35.0 Å². The van der Waals surface area contributed by atoms with Gasteiger partial charge in [0.15, 0.2) is 11.5 Å². The molecular formula is C14H12Cl2N2O3S. The van der Waals surface area contributed by atoms with Crippen molar-refractivity contribution in [2.45, 2.75) is 22.1 Å². The fraction of sp³-hybridized carbons (Fsp3) is 0.429. The molecule has 2 atom stereocenters. The van der Waals surface area contributed by atoms with E-state index in [9.17, 15) is 0 Å². The van der Waals surface area contributed by atoms with Crippen molar-refractivity contribution in [2.24, 2.45) is 5.92 Å². The Hall–Kier alpha value is -1.11. The maximum Gasteiger partial charge on any atom is 0.276 e. The van der Waals surface area contributed by atoms with Crippen LogP contribution in [0, 0.1) is 5.92 Å². The number of rotatable bonds is 4. The number of hydrogen-bond donors (Lipinski definition) is 0. The number of thioether (sulfide) groups is 1.